The van der Waals surface area contributed by atoms with Crippen LogP contribution in [-0.4, -0.2) is 51.1 Å². The Kier molecular flexibility index (Phi) is 10.5. The van der Waals surface area contributed by atoms with Gasteiger partial charge in [0.05, 0.1) is 28.7 Å². The van der Waals surface area contributed by atoms with Crippen LogP contribution in [0.5, 0.6) is 0 Å². The molecular formula is C35H36F7N3O3. The predicted molar refractivity (Wildman–Crippen MR) is 165 cm³/mol. The van der Waals surface area contributed by atoms with E-state index in [1.165, 1.54) is 42.0 Å². The van der Waals surface area contributed by atoms with Crippen LogP contribution in [-0.2, 0) is 18.9 Å². The number of piperidine rings is 1. The van der Waals surface area contributed by atoms with Crippen molar-refractivity contribution in [2.75, 3.05) is 13.6 Å². The maximum absolute atomic E-state index is 14.2. The van der Waals surface area contributed by atoms with E-state index in [9.17, 15) is 45.4 Å². The number of urea groups is 1. The Balaban J connectivity index is 1.76. The number of likely N-dealkylation sites (tertiary alicyclic amines) is 1. The molecule has 1 N–H and O–H groups in total. The lowest BCUT2D eigenvalue weighted by Gasteiger charge is -2.52. The summed E-state index contributed by atoms with van der Waals surface area (Å²) in [6.45, 7) is 6.81. The van der Waals surface area contributed by atoms with Crippen molar-refractivity contribution in [1.82, 2.24) is 14.7 Å². The highest BCUT2D eigenvalue weighted by Crippen LogP contribution is 2.45. The molecule has 258 valence electrons. The second kappa shape index (κ2) is 13.9. The molecule has 6 nitrogen and oxygen atoms in total. The molecule has 0 bridgehead atoms. The second-order valence-electron chi connectivity index (χ2n) is 12.1. The van der Waals surface area contributed by atoms with Gasteiger partial charge in [-0.05, 0) is 85.7 Å². The molecule has 48 heavy (non-hydrogen) atoms. The maximum atomic E-state index is 14.2. The van der Waals surface area contributed by atoms with Crippen LogP contribution in [0.3, 0.4) is 0 Å². The molecule has 1 fully saturated rings. The van der Waals surface area contributed by atoms with Crippen LogP contribution in [0.1, 0.15) is 71.7 Å². The van der Waals surface area contributed by atoms with E-state index in [1.807, 2.05) is 0 Å². The average molecular weight is 680 g/mol. The number of amides is 3. The Morgan fingerprint density at radius 3 is 2.15 bits per heavy atom. The number of benzene rings is 3. The van der Waals surface area contributed by atoms with Crippen LogP contribution in [0, 0.1) is 12.7 Å². The number of carbonyl (C=O) groups excluding carboxylic acids is 1. The van der Waals surface area contributed by atoms with Gasteiger partial charge in [0.15, 0.2) is 0 Å². The summed E-state index contributed by atoms with van der Waals surface area (Å²) < 4.78 is 95.9. The molecule has 1 saturated heterocycles. The molecule has 3 aromatic rings. The minimum Gasteiger partial charge on any atom is -0.465 e. The Morgan fingerprint density at radius 2 is 1.62 bits per heavy atom. The molecule has 13 heteroatoms. The number of carbonyl (C=O) groups is 2. The summed E-state index contributed by atoms with van der Waals surface area (Å²) in [4.78, 5) is 30.8. The standard InChI is InChI=1S/C35H36F7N3O3/c1-5-13-33(45(32(47)48)21-24-9-7-6-8-10-24)14-15-44(30(20-33)29-12-11-28(36)16-22(29)2)31(46)43(4)23(3)25-17-26(34(37,38)39)19-27(18-25)35(40,41)42/h5-12,16-19,23,30H,1,13-15,20-21H2,2-4H3,(H,47,48)/t23-,30-,33+/m1/s1. The molecule has 1 heterocycles. The molecule has 3 amide bonds. The summed E-state index contributed by atoms with van der Waals surface area (Å²) in [6, 6.07) is 11.3. The lowest BCUT2D eigenvalue weighted by molar-refractivity contribution is -0.143. The quantitative estimate of drug-likeness (QED) is 0.191. The first-order valence-corrected chi connectivity index (χ1v) is 15.1. The third-order valence-electron chi connectivity index (χ3n) is 9.09. The number of rotatable bonds is 8. The molecule has 0 unspecified atom stereocenters. The Bertz CT molecular complexity index is 1610. The topological polar surface area (TPSA) is 64.1 Å². The van der Waals surface area contributed by atoms with Gasteiger partial charge in [-0.2, -0.15) is 26.3 Å². The van der Waals surface area contributed by atoms with Crippen molar-refractivity contribution in [1.29, 1.82) is 0 Å². The molecule has 0 aromatic heterocycles. The van der Waals surface area contributed by atoms with E-state index in [0.29, 0.717) is 23.3 Å². The molecule has 4 rings (SSSR count). The van der Waals surface area contributed by atoms with Crippen molar-refractivity contribution < 1.29 is 45.4 Å². The monoisotopic (exact) mass is 679 g/mol. The third-order valence-corrected chi connectivity index (χ3v) is 9.09. The van der Waals surface area contributed by atoms with Crippen molar-refractivity contribution >= 4 is 12.1 Å². The van der Waals surface area contributed by atoms with E-state index in [-0.39, 0.29) is 44.0 Å². The number of halogens is 7. The Hall–Kier alpha value is -4.55. The number of hydrogen-bond donors (Lipinski definition) is 1. The fourth-order valence-corrected chi connectivity index (χ4v) is 6.40. The molecule has 3 atom stereocenters. The smallest absolute Gasteiger partial charge is 0.416 e. The molecule has 3 aromatic carbocycles. The van der Waals surface area contributed by atoms with Gasteiger partial charge in [0.2, 0.25) is 0 Å². The van der Waals surface area contributed by atoms with Crippen molar-refractivity contribution in [2.24, 2.45) is 0 Å². The zero-order valence-electron chi connectivity index (χ0n) is 26.6. The van der Waals surface area contributed by atoms with Crippen LogP contribution in [0.4, 0.5) is 40.3 Å². The van der Waals surface area contributed by atoms with Gasteiger partial charge in [-0.25, -0.2) is 14.0 Å². The molecule has 1 aliphatic heterocycles. The normalized spacial score (nSPS) is 19.0. The minimum atomic E-state index is -5.07. The highest BCUT2D eigenvalue weighted by Gasteiger charge is 2.48. The van der Waals surface area contributed by atoms with Gasteiger partial charge in [-0.1, -0.05) is 42.5 Å². The fourth-order valence-electron chi connectivity index (χ4n) is 6.40. The SMILES string of the molecule is C=CC[C@]1(N(Cc2ccccc2)C(=O)O)CCN(C(=O)N(C)[C@H](C)c2cc(C(F)(F)F)cc(C(F)(F)F)c2)[C@@H](c2ccc(F)cc2C)C1. The van der Waals surface area contributed by atoms with Gasteiger partial charge in [0.25, 0.3) is 0 Å². The molecule has 0 aliphatic carbocycles. The summed E-state index contributed by atoms with van der Waals surface area (Å²) in [5.41, 5.74) is -2.73. The minimum absolute atomic E-state index is 0.0266. The van der Waals surface area contributed by atoms with Crippen molar-refractivity contribution in [3.05, 3.63) is 119 Å². The summed E-state index contributed by atoms with van der Waals surface area (Å²) in [5.74, 6) is -0.533. The average Bonchev–Trinajstić information content (AvgIpc) is 3.02. The summed E-state index contributed by atoms with van der Waals surface area (Å²) in [7, 11) is 1.28. The number of aryl methyl sites for hydroxylation is 1. The van der Waals surface area contributed by atoms with E-state index in [4.69, 9.17) is 0 Å². The Labute approximate surface area is 274 Å². The van der Waals surface area contributed by atoms with Crippen LogP contribution in [0.25, 0.3) is 0 Å². The van der Waals surface area contributed by atoms with Crippen molar-refractivity contribution in [3.8, 4) is 0 Å². The van der Waals surface area contributed by atoms with Gasteiger partial charge in [-0.3, -0.25) is 4.90 Å². The van der Waals surface area contributed by atoms with Crippen molar-refractivity contribution in [2.45, 2.75) is 69.6 Å². The molecule has 0 radical (unpaired) electrons. The predicted octanol–water partition coefficient (Wildman–Crippen LogP) is 9.62. The highest BCUT2D eigenvalue weighted by atomic mass is 19.4. The van der Waals surface area contributed by atoms with E-state index in [2.05, 4.69) is 6.58 Å². The van der Waals surface area contributed by atoms with Gasteiger partial charge in [0, 0.05) is 20.1 Å². The van der Waals surface area contributed by atoms with Gasteiger partial charge >= 0.3 is 24.5 Å². The maximum Gasteiger partial charge on any atom is 0.416 e. The van der Waals surface area contributed by atoms with Gasteiger partial charge < -0.3 is 14.9 Å². The number of hydrogen-bond acceptors (Lipinski definition) is 2. The van der Waals surface area contributed by atoms with E-state index in [1.54, 1.807) is 43.3 Å². The van der Waals surface area contributed by atoms with Crippen molar-refractivity contribution in [3.63, 3.8) is 0 Å². The third kappa shape index (κ3) is 7.77. The van der Waals surface area contributed by atoms with E-state index < -0.39 is 59.0 Å². The van der Waals surface area contributed by atoms with E-state index >= 15 is 0 Å². The molecule has 0 spiro atoms. The number of nitrogens with zero attached hydrogens (tertiary/aromatic N) is 3. The summed E-state index contributed by atoms with van der Waals surface area (Å²) in [6.07, 6.45) is -9.34. The fraction of sp³-hybridized carbons (Fsp3) is 0.371. The largest absolute Gasteiger partial charge is 0.465 e. The first kappa shape index (κ1) is 36.3. The lowest BCUT2D eigenvalue weighted by atomic mass is 9.76. The zero-order chi connectivity index (χ0) is 35.6. The lowest BCUT2D eigenvalue weighted by Crippen LogP contribution is -2.59. The first-order chi connectivity index (χ1) is 22.4. The second-order valence-corrected chi connectivity index (χ2v) is 12.1. The summed E-state index contributed by atoms with van der Waals surface area (Å²) >= 11 is 0. The zero-order valence-corrected chi connectivity index (χ0v) is 26.6. The van der Waals surface area contributed by atoms with Gasteiger partial charge in [0.1, 0.15) is 5.82 Å². The van der Waals surface area contributed by atoms with E-state index in [0.717, 1.165) is 10.5 Å². The van der Waals surface area contributed by atoms with Crippen LogP contribution in [0.2, 0.25) is 0 Å². The first-order valence-electron chi connectivity index (χ1n) is 15.1. The van der Waals surface area contributed by atoms with Crippen LogP contribution < -0.4 is 0 Å². The molecule has 1 aliphatic rings. The molecular weight excluding hydrogens is 643 g/mol. The molecule has 0 saturated carbocycles. The summed E-state index contributed by atoms with van der Waals surface area (Å²) in [5, 5.41) is 10.4. The Morgan fingerprint density at radius 1 is 1.02 bits per heavy atom. The highest BCUT2D eigenvalue weighted by molar-refractivity contribution is 5.76. The van der Waals surface area contributed by atoms with Crippen LogP contribution in [0.15, 0.2) is 79.4 Å². The van der Waals surface area contributed by atoms with Crippen LogP contribution >= 0.6 is 0 Å². The number of carboxylic acid groups (broad SMARTS) is 1. The number of alkyl halides is 6. The van der Waals surface area contributed by atoms with Gasteiger partial charge in [-0.15, -0.1) is 6.58 Å².